The van der Waals surface area contributed by atoms with Crippen LogP contribution < -0.4 is 0 Å². The fraction of sp³-hybridized carbons (Fsp3) is 0.333. The zero-order valence-electron chi connectivity index (χ0n) is 9.21. The summed E-state index contributed by atoms with van der Waals surface area (Å²) in [7, 11) is 1.34. The van der Waals surface area contributed by atoms with E-state index in [1.807, 2.05) is 13.0 Å². The smallest absolute Gasteiger partial charge is 0.309 e. The first kappa shape index (κ1) is 12.5. The van der Waals surface area contributed by atoms with Gasteiger partial charge in [0.15, 0.2) is 0 Å². The molecule has 0 aromatic heterocycles. The molecule has 0 saturated carbocycles. The lowest BCUT2D eigenvalue weighted by molar-refractivity contribution is -0.139. The van der Waals surface area contributed by atoms with E-state index in [2.05, 4.69) is 4.74 Å². The minimum Gasteiger partial charge on any atom is -0.469 e. The minimum atomic E-state index is -0.333. The molecule has 0 saturated heterocycles. The number of esters is 1. The number of carbonyl (C=O) groups is 1. The van der Waals surface area contributed by atoms with Gasteiger partial charge in [-0.1, -0.05) is 18.5 Å². The molecule has 0 bridgehead atoms. The number of ether oxygens (including phenoxy) is 1. The summed E-state index contributed by atoms with van der Waals surface area (Å²) in [5.74, 6) is -0.333. The first-order valence-electron chi connectivity index (χ1n) is 4.90. The second kappa shape index (κ2) is 5.53. The number of carbonyl (C=O) groups excluding carboxylic acids is 1. The molecule has 0 unspecified atom stereocenters. The van der Waals surface area contributed by atoms with Crippen molar-refractivity contribution in [3.8, 4) is 6.07 Å². The monoisotopic (exact) mass is 237 g/mol. The summed E-state index contributed by atoms with van der Waals surface area (Å²) in [6.45, 7) is 1.95. The molecule has 0 aliphatic carbocycles. The summed E-state index contributed by atoms with van der Waals surface area (Å²) in [5.41, 5.74) is 2.12. The third kappa shape index (κ3) is 2.74. The van der Waals surface area contributed by atoms with E-state index in [1.54, 1.807) is 12.1 Å². The van der Waals surface area contributed by atoms with Gasteiger partial charge in [0.05, 0.1) is 25.2 Å². The van der Waals surface area contributed by atoms with Crippen molar-refractivity contribution in [3.63, 3.8) is 0 Å². The molecule has 0 spiro atoms. The lowest BCUT2D eigenvalue weighted by Crippen LogP contribution is -2.07. The molecule has 0 radical (unpaired) electrons. The zero-order valence-corrected chi connectivity index (χ0v) is 9.97. The number of benzene rings is 1. The summed E-state index contributed by atoms with van der Waals surface area (Å²) in [6, 6.07) is 5.31. The Hall–Kier alpha value is -1.53. The average Bonchev–Trinajstić information content (AvgIpc) is 2.28. The predicted molar refractivity (Wildman–Crippen MR) is 61.3 cm³/mol. The molecule has 0 heterocycles. The molecule has 0 fully saturated rings. The largest absolute Gasteiger partial charge is 0.469 e. The summed E-state index contributed by atoms with van der Waals surface area (Å²) >= 11 is 6.04. The SMILES string of the molecule is CCc1c(Cl)cc(C#N)cc1CC(=O)OC. The molecule has 16 heavy (non-hydrogen) atoms. The van der Waals surface area contributed by atoms with Crippen molar-refractivity contribution >= 4 is 17.6 Å². The summed E-state index contributed by atoms with van der Waals surface area (Å²) < 4.78 is 4.60. The van der Waals surface area contributed by atoms with E-state index in [0.29, 0.717) is 10.6 Å². The van der Waals surface area contributed by atoms with Crippen LogP contribution in [0.25, 0.3) is 0 Å². The molecule has 84 valence electrons. The highest BCUT2D eigenvalue weighted by Crippen LogP contribution is 2.23. The standard InChI is InChI=1S/C12H12ClNO2/c1-3-10-9(6-12(15)16-2)4-8(7-14)5-11(10)13/h4-5H,3,6H2,1-2H3. The van der Waals surface area contributed by atoms with Gasteiger partial charge in [0.2, 0.25) is 0 Å². The predicted octanol–water partition coefficient (Wildman–Crippen LogP) is 2.49. The Balaban J connectivity index is 3.19. The van der Waals surface area contributed by atoms with Crippen LogP contribution in [0, 0.1) is 11.3 Å². The van der Waals surface area contributed by atoms with Gasteiger partial charge in [0.1, 0.15) is 0 Å². The lowest BCUT2D eigenvalue weighted by atomic mass is 10.00. The van der Waals surface area contributed by atoms with E-state index in [1.165, 1.54) is 7.11 Å². The van der Waals surface area contributed by atoms with Crippen LogP contribution in [0.2, 0.25) is 5.02 Å². The van der Waals surface area contributed by atoms with E-state index >= 15 is 0 Å². The second-order valence-electron chi connectivity index (χ2n) is 3.31. The topological polar surface area (TPSA) is 50.1 Å². The molecular weight excluding hydrogens is 226 g/mol. The quantitative estimate of drug-likeness (QED) is 0.759. The summed E-state index contributed by atoms with van der Waals surface area (Å²) in [6.07, 6.45) is 0.867. The molecule has 3 nitrogen and oxygen atoms in total. The molecule has 0 aliphatic heterocycles. The third-order valence-electron chi connectivity index (χ3n) is 2.33. The highest BCUT2D eigenvalue weighted by molar-refractivity contribution is 6.31. The molecule has 0 atom stereocenters. The van der Waals surface area contributed by atoms with Crippen molar-refractivity contribution in [2.45, 2.75) is 19.8 Å². The summed E-state index contributed by atoms with van der Waals surface area (Å²) in [5, 5.41) is 9.34. The van der Waals surface area contributed by atoms with Crippen LogP contribution in [0.3, 0.4) is 0 Å². The molecular formula is C12H12ClNO2. The van der Waals surface area contributed by atoms with Crippen molar-refractivity contribution in [1.29, 1.82) is 5.26 Å². The van der Waals surface area contributed by atoms with Crippen LogP contribution in [0.1, 0.15) is 23.6 Å². The number of hydrogen-bond acceptors (Lipinski definition) is 3. The van der Waals surface area contributed by atoms with E-state index < -0.39 is 0 Å². The Morgan fingerprint density at radius 2 is 2.25 bits per heavy atom. The van der Waals surface area contributed by atoms with Crippen molar-refractivity contribution < 1.29 is 9.53 Å². The molecule has 4 heteroatoms. The number of hydrogen-bond donors (Lipinski definition) is 0. The highest BCUT2D eigenvalue weighted by Gasteiger charge is 2.11. The van der Waals surface area contributed by atoms with Crippen molar-refractivity contribution in [3.05, 3.63) is 33.8 Å². The molecule has 1 rings (SSSR count). The second-order valence-corrected chi connectivity index (χ2v) is 3.72. The number of halogens is 1. The number of rotatable bonds is 3. The number of nitriles is 1. The van der Waals surface area contributed by atoms with E-state index in [0.717, 1.165) is 17.5 Å². The Morgan fingerprint density at radius 1 is 1.56 bits per heavy atom. The molecule has 1 aromatic carbocycles. The zero-order chi connectivity index (χ0) is 12.1. The van der Waals surface area contributed by atoms with Gasteiger partial charge in [-0.25, -0.2) is 0 Å². The maximum Gasteiger partial charge on any atom is 0.309 e. The fourth-order valence-electron chi connectivity index (χ4n) is 1.54. The molecule has 0 N–H and O–H groups in total. The Labute approximate surface area is 99.6 Å². The van der Waals surface area contributed by atoms with Gasteiger partial charge in [-0.3, -0.25) is 4.79 Å². The number of methoxy groups -OCH3 is 1. The Morgan fingerprint density at radius 3 is 2.75 bits per heavy atom. The minimum absolute atomic E-state index is 0.148. The molecule has 1 aromatic rings. The Bertz CT molecular complexity index is 449. The maximum absolute atomic E-state index is 11.2. The molecule has 0 amide bonds. The van der Waals surface area contributed by atoms with Crippen LogP contribution in [0.5, 0.6) is 0 Å². The van der Waals surface area contributed by atoms with E-state index in [-0.39, 0.29) is 12.4 Å². The van der Waals surface area contributed by atoms with Crippen molar-refractivity contribution in [1.82, 2.24) is 0 Å². The van der Waals surface area contributed by atoms with Crippen LogP contribution >= 0.6 is 11.6 Å². The lowest BCUT2D eigenvalue weighted by Gasteiger charge is -2.09. The van der Waals surface area contributed by atoms with Gasteiger partial charge < -0.3 is 4.74 Å². The van der Waals surface area contributed by atoms with Gasteiger partial charge in [0, 0.05) is 5.02 Å². The van der Waals surface area contributed by atoms with Crippen LogP contribution in [0.4, 0.5) is 0 Å². The van der Waals surface area contributed by atoms with Crippen LogP contribution in [0.15, 0.2) is 12.1 Å². The highest BCUT2D eigenvalue weighted by atomic mass is 35.5. The average molecular weight is 238 g/mol. The van der Waals surface area contributed by atoms with Gasteiger partial charge in [-0.05, 0) is 29.7 Å². The van der Waals surface area contributed by atoms with Crippen LogP contribution in [-0.4, -0.2) is 13.1 Å². The van der Waals surface area contributed by atoms with E-state index in [4.69, 9.17) is 16.9 Å². The van der Waals surface area contributed by atoms with Gasteiger partial charge in [-0.2, -0.15) is 5.26 Å². The summed E-state index contributed by atoms with van der Waals surface area (Å²) in [4.78, 5) is 11.2. The first-order chi connectivity index (χ1) is 7.62. The molecule has 0 aliphatic rings. The Kier molecular flexibility index (Phi) is 4.33. The van der Waals surface area contributed by atoms with Crippen molar-refractivity contribution in [2.24, 2.45) is 0 Å². The van der Waals surface area contributed by atoms with Crippen molar-refractivity contribution in [2.75, 3.05) is 7.11 Å². The van der Waals surface area contributed by atoms with Gasteiger partial charge >= 0.3 is 5.97 Å². The maximum atomic E-state index is 11.2. The first-order valence-corrected chi connectivity index (χ1v) is 5.28. The van der Waals surface area contributed by atoms with Gasteiger partial charge in [0.25, 0.3) is 0 Å². The fourth-order valence-corrected chi connectivity index (χ4v) is 1.91. The van der Waals surface area contributed by atoms with E-state index in [9.17, 15) is 4.79 Å². The normalized spacial score (nSPS) is 9.62. The van der Waals surface area contributed by atoms with Gasteiger partial charge in [-0.15, -0.1) is 0 Å². The van der Waals surface area contributed by atoms with Crippen LogP contribution in [-0.2, 0) is 22.4 Å². The number of nitrogens with zero attached hydrogens (tertiary/aromatic N) is 1. The third-order valence-corrected chi connectivity index (χ3v) is 2.67.